The lowest BCUT2D eigenvalue weighted by atomic mass is 10.1. The summed E-state index contributed by atoms with van der Waals surface area (Å²) in [6, 6.07) is 0.491. The van der Waals surface area contributed by atoms with Crippen molar-refractivity contribution in [2.24, 2.45) is 0 Å². The maximum Gasteiger partial charge on any atom is 0.327 e. The number of rotatable bonds is 7. The fraction of sp³-hybridized carbons (Fsp3) is 0.667. The Morgan fingerprint density at radius 1 is 1.03 bits per heavy atom. The maximum absolute atomic E-state index is 13.2. The molecule has 0 fully saturated rings. The Kier molecular flexibility index (Phi) is 7.90. The first-order chi connectivity index (χ1) is 13.0. The summed E-state index contributed by atoms with van der Waals surface area (Å²) in [4.78, 5) is 12.8. The zero-order chi connectivity index (χ0) is 22.8. The topological polar surface area (TPSA) is 90.9 Å². The molecule has 166 valence electrons. The molecule has 0 saturated heterocycles. The Hall–Kier alpha value is -1.64. The zero-order valence-electron chi connectivity index (χ0n) is 19.2. The van der Waals surface area contributed by atoms with Crippen molar-refractivity contribution < 1.29 is 27.4 Å². The van der Waals surface area contributed by atoms with Gasteiger partial charge in [-0.05, 0) is 85.1 Å². The van der Waals surface area contributed by atoms with Crippen molar-refractivity contribution in [1.82, 2.24) is 4.72 Å². The Bertz CT molecular complexity index is 847. The number of esters is 1. The highest BCUT2D eigenvalue weighted by atomic mass is 32.2. The van der Waals surface area contributed by atoms with Crippen LogP contribution in [0.3, 0.4) is 0 Å². The Morgan fingerprint density at radius 3 is 2.03 bits per heavy atom. The molecule has 0 heterocycles. The normalized spacial score (nSPS) is 13.9. The Labute approximate surface area is 175 Å². The van der Waals surface area contributed by atoms with E-state index in [1.807, 2.05) is 20.8 Å². The van der Waals surface area contributed by atoms with Gasteiger partial charge in [0.05, 0.1) is 24.2 Å². The van der Waals surface area contributed by atoms with Crippen LogP contribution in [0, 0.1) is 20.8 Å². The molecule has 0 spiro atoms. The second-order valence-electron chi connectivity index (χ2n) is 9.11. The van der Waals surface area contributed by atoms with Gasteiger partial charge in [-0.1, -0.05) is 0 Å². The molecule has 0 aliphatic heterocycles. The molecule has 1 rings (SSSR count). The lowest BCUT2D eigenvalue weighted by molar-refractivity contribution is -0.159. The lowest BCUT2D eigenvalue weighted by Gasteiger charge is -2.27. The van der Waals surface area contributed by atoms with E-state index in [-0.39, 0.29) is 11.5 Å². The van der Waals surface area contributed by atoms with E-state index < -0.39 is 33.2 Å². The molecule has 7 nitrogen and oxygen atoms in total. The molecule has 0 aliphatic carbocycles. The summed E-state index contributed by atoms with van der Waals surface area (Å²) in [5.41, 5.74) is 0.503. The van der Waals surface area contributed by atoms with Gasteiger partial charge in [-0.15, -0.1) is 0 Å². The molecule has 1 atom stereocenters. The molecular formula is C21H35NO6S. The van der Waals surface area contributed by atoms with E-state index in [2.05, 4.69) is 4.72 Å². The van der Waals surface area contributed by atoms with Gasteiger partial charge in [0.25, 0.3) is 0 Å². The van der Waals surface area contributed by atoms with Crippen molar-refractivity contribution in [1.29, 1.82) is 0 Å². The minimum absolute atomic E-state index is 0.125. The van der Waals surface area contributed by atoms with Crippen molar-refractivity contribution in [2.75, 3.05) is 13.7 Å². The number of methoxy groups -OCH3 is 1. The van der Waals surface area contributed by atoms with E-state index in [4.69, 9.17) is 14.2 Å². The second-order valence-corrected chi connectivity index (χ2v) is 10.8. The van der Waals surface area contributed by atoms with E-state index >= 15 is 0 Å². The summed E-state index contributed by atoms with van der Waals surface area (Å²) < 4.78 is 45.3. The predicted molar refractivity (Wildman–Crippen MR) is 113 cm³/mol. The summed E-state index contributed by atoms with van der Waals surface area (Å²) in [6.45, 7) is 15.7. The van der Waals surface area contributed by atoms with Gasteiger partial charge >= 0.3 is 5.97 Å². The average molecular weight is 430 g/mol. The van der Waals surface area contributed by atoms with Gasteiger partial charge in [-0.2, -0.15) is 4.72 Å². The largest absolute Gasteiger partial charge is 0.496 e. The monoisotopic (exact) mass is 429 g/mol. The number of carbonyl (C=O) groups excluding carboxylic acids is 1. The quantitative estimate of drug-likeness (QED) is 0.668. The highest BCUT2D eigenvalue weighted by molar-refractivity contribution is 7.89. The van der Waals surface area contributed by atoms with Crippen molar-refractivity contribution in [3.8, 4) is 5.75 Å². The molecular weight excluding hydrogens is 394 g/mol. The predicted octanol–water partition coefficient (Wildman–Crippen LogP) is 3.42. The molecule has 0 saturated carbocycles. The first-order valence-corrected chi connectivity index (χ1v) is 11.0. The average Bonchev–Trinajstić information content (AvgIpc) is 2.52. The van der Waals surface area contributed by atoms with Crippen LogP contribution in [0.1, 0.15) is 58.2 Å². The lowest BCUT2D eigenvalue weighted by Crippen LogP contribution is -2.48. The van der Waals surface area contributed by atoms with Crippen LogP contribution in [0.4, 0.5) is 0 Å². The number of nitrogens with one attached hydrogen (secondary N) is 1. The molecule has 1 aromatic rings. The number of hydrogen-bond donors (Lipinski definition) is 1. The molecule has 1 unspecified atom stereocenters. The van der Waals surface area contributed by atoms with Crippen LogP contribution in [0.15, 0.2) is 11.0 Å². The molecule has 0 aliphatic rings. The molecule has 0 amide bonds. The summed E-state index contributed by atoms with van der Waals surface area (Å²) in [5.74, 6) is -0.0791. The first-order valence-electron chi connectivity index (χ1n) is 9.52. The minimum Gasteiger partial charge on any atom is -0.496 e. The van der Waals surface area contributed by atoms with E-state index in [1.54, 1.807) is 47.6 Å². The van der Waals surface area contributed by atoms with Gasteiger partial charge in [0, 0.05) is 0 Å². The van der Waals surface area contributed by atoms with Crippen LogP contribution in [0.2, 0.25) is 0 Å². The third-order valence-corrected chi connectivity index (χ3v) is 5.90. The van der Waals surface area contributed by atoms with Crippen LogP contribution in [-0.2, 0) is 24.3 Å². The highest BCUT2D eigenvalue weighted by Crippen LogP contribution is 2.30. The number of carbonyl (C=O) groups is 1. The van der Waals surface area contributed by atoms with E-state index in [0.29, 0.717) is 16.9 Å². The summed E-state index contributed by atoms with van der Waals surface area (Å²) in [7, 11) is -2.49. The van der Waals surface area contributed by atoms with Gasteiger partial charge < -0.3 is 14.2 Å². The zero-order valence-corrected chi connectivity index (χ0v) is 20.0. The van der Waals surface area contributed by atoms with Crippen molar-refractivity contribution in [2.45, 2.75) is 84.5 Å². The van der Waals surface area contributed by atoms with Gasteiger partial charge in [0.2, 0.25) is 10.0 Å². The molecule has 0 radical (unpaired) electrons. The fourth-order valence-corrected chi connectivity index (χ4v) is 4.45. The molecule has 0 bridgehead atoms. The molecule has 1 N–H and O–H groups in total. The second kappa shape index (κ2) is 9.02. The van der Waals surface area contributed by atoms with Crippen molar-refractivity contribution in [3.63, 3.8) is 0 Å². The summed E-state index contributed by atoms with van der Waals surface area (Å²) >= 11 is 0. The van der Waals surface area contributed by atoms with E-state index in [9.17, 15) is 13.2 Å². The number of sulfonamides is 1. The standard InChI is InChI=1S/C21H35NO6S/c1-13-11-17(26-10)14(2)15(3)18(13)29(24,25)22-16(12-27-20(4,5)6)19(23)28-21(7,8)9/h11,16,22H,12H2,1-10H3. The molecule has 29 heavy (non-hydrogen) atoms. The highest BCUT2D eigenvalue weighted by Gasteiger charge is 2.33. The first kappa shape index (κ1) is 25.4. The molecule has 0 aromatic heterocycles. The van der Waals surface area contributed by atoms with Gasteiger partial charge in [0.15, 0.2) is 0 Å². The Balaban J connectivity index is 3.33. The fourth-order valence-electron chi connectivity index (χ4n) is 2.75. The SMILES string of the molecule is COc1cc(C)c(S(=O)(=O)NC(COC(C)(C)C)C(=O)OC(C)(C)C)c(C)c1C. The van der Waals surface area contributed by atoms with Crippen LogP contribution in [0.25, 0.3) is 0 Å². The maximum atomic E-state index is 13.2. The smallest absolute Gasteiger partial charge is 0.327 e. The van der Waals surface area contributed by atoms with Crippen LogP contribution < -0.4 is 9.46 Å². The van der Waals surface area contributed by atoms with Gasteiger partial charge in [0.1, 0.15) is 17.4 Å². The number of benzene rings is 1. The van der Waals surface area contributed by atoms with Gasteiger partial charge in [-0.25, -0.2) is 8.42 Å². The van der Waals surface area contributed by atoms with Gasteiger partial charge in [-0.3, -0.25) is 4.79 Å². The summed E-state index contributed by atoms with van der Waals surface area (Å²) in [6.07, 6.45) is 0. The van der Waals surface area contributed by atoms with Crippen molar-refractivity contribution in [3.05, 3.63) is 22.8 Å². The Morgan fingerprint density at radius 2 is 1.59 bits per heavy atom. The third-order valence-electron chi connectivity index (χ3n) is 4.14. The minimum atomic E-state index is -4.02. The number of hydrogen-bond acceptors (Lipinski definition) is 6. The van der Waals surface area contributed by atoms with Crippen LogP contribution in [-0.4, -0.2) is 45.3 Å². The summed E-state index contributed by atoms with van der Waals surface area (Å²) in [5, 5.41) is 0. The number of ether oxygens (including phenoxy) is 3. The van der Waals surface area contributed by atoms with E-state index in [1.165, 1.54) is 7.11 Å². The van der Waals surface area contributed by atoms with Crippen LogP contribution in [0.5, 0.6) is 5.75 Å². The van der Waals surface area contributed by atoms with Crippen molar-refractivity contribution >= 4 is 16.0 Å². The molecule has 8 heteroatoms. The number of aryl methyl sites for hydroxylation is 1. The molecule has 1 aromatic carbocycles. The van der Waals surface area contributed by atoms with Crippen LogP contribution >= 0.6 is 0 Å². The third kappa shape index (κ3) is 7.28. The van der Waals surface area contributed by atoms with E-state index in [0.717, 1.165) is 5.56 Å².